The van der Waals surface area contributed by atoms with Gasteiger partial charge < -0.3 is 16.0 Å². The average Bonchev–Trinajstić information content (AvgIpc) is 2.41. The van der Waals surface area contributed by atoms with Gasteiger partial charge in [-0.2, -0.15) is 0 Å². The maximum atomic E-state index is 12.2. The number of nitrogens with one attached hydrogen (secondary N) is 1. The smallest absolute Gasteiger partial charge is 0.244 e. The van der Waals surface area contributed by atoms with Gasteiger partial charge in [0.05, 0.1) is 18.1 Å². The van der Waals surface area contributed by atoms with E-state index in [0.717, 1.165) is 25.9 Å². The highest BCUT2D eigenvalue weighted by Gasteiger charge is 2.22. The summed E-state index contributed by atoms with van der Waals surface area (Å²) in [6.45, 7) is 3.54. The number of nitrogens with zero attached hydrogens (tertiary/aromatic N) is 3. The fraction of sp³-hybridized carbons (Fsp3) is 0.583. The predicted molar refractivity (Wildman–Crippen MR) is 70.0 cm³/mol. The molecule has 18 heavy (non-hydrogen) atoms. The summed E-state index contributed by atoms with van der Waals surface area (Å²) in [6, 6.07) is -0.313. The highest BCUT2D eigenvalue weighted by atomic mass is 16.2. The first-order valence-corrected chi connectivity index (χ1v) is 6.29. The summed E-state index contributed by atoms with van der Waals surface area (Å²) in [5, 5.41) is 3.00. The fourth-order valence-corrected chi connectivity index (χ4v) is 2.06. The molecule has 0 spiro atoms. The minimum absolute atomic E-state index is 0.107. The fourth-order valence-electron chi connectivity index (χ4n) is 2.06. The number of carbonyl (C=O) groups excluding carboxylic acids is 1. The van der Waals surface area contributed by atoms with Crippen molar-refractivity contribution in [2.45, 2.75) is 32.2 Å². The van der Waals surface area contributed by atoms with Crippen LogP contribution in [0.2, 0.25) is 0 Å². The molecule has 1 aromatic heterocycles. The molecule has 1 aromatic rings. The van der Waals surface area contributed by atoms with Crippen LogP contribution in [0, 0.1) is 0 Å². The van der Waals surface area contributed by atoms with Crippen LogP contribution in [0.4, 0.5) is 11.6 Å². The number of likely N-dealkylation sites (tertiary alicyclic amines) is 1. The molecule has 1 unspecified atom stereocenters. The molecular formula is C12H19N5O. The summed E-state index contributed by atoms with van der Waals surface area (Å²) in [5.74, 6) is 0.539. The van der Waals surface area contributed by atoms with Crippen LogP contribution in [0.1, 0.15) is 26.2 Å². The number of amides is 1. The van der Waals surface area contributed by atoms with E-state index < -0.39 is 0 Å². The molecule has 1 aliphatic rings. The van der Waals surface area contributed by atoms with Crippen molar-refractivity contribution in [2.75, 3.05) is 24.1 Å². The maximum Gasteiger partial charge on any atom is 0.244 e. The number of hydrogen-bond acceptors (Lipinski definition) is 5. The Hall–Kier alpha value is -1.85. The number of carbonyl (C=O) groups is 1. The summed E-state index contributed by atoms with van der Waals surface area (Å²) < 4.78 is 0. The Bertz CT molecular complexity index is 399. The van der Waals surface area contributed by atoms with Gasteiger partial charge in [0, 0.05) is 13.1 Å². The minimum atomic E-state index is -0.313. The Morgan fingerprint density at radius 2 is 1.94 bits per heavy atom. The van der Waals surface area contributed by atoms with Gasteiger partial charge in [0.2, 0.25) is 11.9 Å². The van der Waals surface area contributed by atoms with Crippen LogP contribution in [0.5, 0.6) is 0 Å². The quantitative estimate of drug-likeness (QED) is 0.830. The first-order chi connectivity index (χ1) is 8.66. The van der Waals surface area contributed by atoms with E-state index in [0.29, 0.717) is 11.6 Å². The second kappa shape index (κ2) is 5.66. The number of anilines is 2. The lowest BCUT2D eigenvalue weighted by molar-refractivity contribution is -0.132. The van der Waals surface area contributed by atoms with Crippen LogP contribution < -0.4 is 11.1 Å². The lowest BCUT2D eigenvalue weighted by atomic mass is 10.1. The molecule has 0 aliphatic carbocycles. The van der Waals surface area contributed by atoms with Gasteiger partial charge in [-0.3, -0.25) is 4.79 Å². The van der Waals surface area contributed by atoms with Gasteiger partial charge in [-0.25, -0.2) is 9.97 Å². The van der Waals surface area contributed by atoms with Gasteiger partial charge >= 0.3 is 0 Å². The third kappa shape index (κ3) is 3.09. The first-order valence-electron chi connectivity index (χ1n) is 6.29. The van der Waals surface area contributed by atoms with Gasteiger partial charge in [0.15, 0.2) is 0 Å². The SMILES string of the molecule is CC(Nc1ncc(N)cn1)C(=O)N1CCCCC1. The Labute approximate surface area is 107 Å². The molecule has 0 saturated carbocycles. The van der Waals surface area contributed by atoms with Crippen LogP contribution in [-0.4, -0.2) is 39.9 Å². The number of rotatable bonds is 3. The molecule has 6 nitrogen and oxygen atoms in total. The lowest BCUT2D eigenvalue weighted by Crippen LogP contribution is -2.44. The van der Waals surface area contributed by atoms with E-state index in [2.05, 4.69) is 15.3 Å². The van der Waals surface area contributed by atoms with Gasteiger partial charge in [-0.1, -0.05) is 0 Å². The molecule has 1 fully saturated rings. The van der Waals surface area contributed by atoms with Crippen LogP contribution in [-0.2, 0) is 4.79 Å². The number of nitrogen functional groups attached to an aromatic ring is 1. The average molecular weight is 249 g/mol. The highest BCUT2D eigenvalue weighted by molar-refractivity contribution is 5.83. The second-order valence-electron chi connectivity index (χ2n) is 4.59. The Morgan fingerprint density at radius 3 is 2.56 bits per heavy atom. The Morgan fingerprint density at radius 1 is 1.33 bits per heavy atom. The molecule has 1 aliphatic heterocycles. The standard InChI is InChI=1S/C12H19N5O/c1-9(11(18)17-5-3-2-4-6-17)16-12-14-7-10(13)8-15-12/h7-9H,2-6,13H2,1H3,(H,14,15,16). The van der Waals surface area contributed by atoms with Gasteiger partial charge in [-0.15, -0.1) is 0 Å². The Kier molecular flexibility index (Phi) is 3.96. The number of nitrogens with two attached hydrogens (primary N) is 1. The van der Waals surface area contributed by atoms with E-state index in [1.54, 1.807) is 0 Å². The van der Waals surface area contributed by atoms with Crippen molar-refractivity contribution < 1.29 is 4.79 Å². The van der Waals surface area contributed by atoms with Crippen molar-refractivity contribution >= 4 is 17.5 Å². The van der Waals surface area contributed by atoms with E-state index in [-0.39, 0.29) is 11.9 Å². The zero-order valence-electron chi connectivity index (χ0n) is 10.6. The number of hydrogen-bond donors (Lipinski definition) is 2. The molecule has 2 rings (SSSR count). The Balaban J connectivity index is 1.92. The summed E-state index contributed by atoms with van der Waals surface area (Å²) in [4.78, 5) is 22.1. The summed E-state index contributed by atoms with van der Waals surface area (Å²) in [7, 11) is 0. The van der Waals surface area contributed by atoms with Crippen LogP contribution in [0.3, 0.4) is 0 Å². The van der Waals surface area contributed by atoms with Crippen molar-refractivity contribution in [3.8, 4) is 0 Å². The van der Waals surface area contributed by atoms with Crippen molar-refractivity contribution in [3.05, 3.63) is 12.4 Å². The summed E-state index contributed by atoms with van der Waals surface area (Å²) in [6.07, 6.45) is 6.45. The number of aromatic nitrogens is 2. The van der Waals surface area contributed by atoms with E-state index >= 15 is 0 Å². The summed E-state index contributed by atoms with van der Waals surface area (Å²) >= 11 is 0. The lowest BCUT2D eigenvalue weighted by Gasteiger charge is -2.29. The number of piperidine rings is 1. The molecule has 0 aromatic carbocycles. The third-order valence-electron chi connectivity index (χ3n) is 3.06. The van der Waals surface area contributed by atoms with E-state index in [1.165, 1.54) is 18.8 Å². The van der Waals surface area contributed by atoms with E-state index in [9.17, 15) is 4.79 Å². The normalized spacial score (nSPS) is 17.3. The molecule has 3 N–H and O–H groups in total. The second-order valence-corrected chi connectivity index (χ2v) is 4.59. The minimum Gasteiger partial charge on any atom is -0.396 e. The third-order valence-corrected chi connectivity index (χ3v) is 3.06. The molecule has 98 valence electrons. The largest absolute Gasteiger partial charge is 0.396 e. The van der Waals surface area contributed by atoms with Crippen molar-refractivity contribution in [1.82, 2.24) is 14.9 Å². The molecule has 0 bridgehead atoms. The van der Waals surface area contributed by atoms with Gasteiger partial charge in [-0.05, 0) is 26.2 Å². The van der Waals surface area contributed by atoms with Crippen LogP contribution >= 0.6 is 0 Å². The molecule has 6 heteroatoms. The van der Waals surface area contributed by atoms with Crippen LogP contribution in [0.25, 0.3) is 0 Å². The zero-order chi connectivity index (χ0) is 13.0. The van der Waals surface area contributed by atoms with Crippen molar-refractivity contribution in [2.24, 2.45) is 0 Å². The summed E-state index contributed by atoms with van der Waals surface area (Å²) in [5.41, 5.74) is 6.02. The molecular weight excluding hydrogens is 230 g/mol. The molecule has 1 amide bonds. The van der Waals surface area contributed by atoms with Crippen molar-refractivity contribution in [3.63, 3.8) is 0 Å². The molecule has 0 radical (unpaired) electrons. The van der Waals surface area contributed by atoms with Gasteiger partial charge in [0.1, 0.15) is 6.04 Å². The molecule has 1 saturated heterocycles. The topological polar surface area (TPSA) is 84.1 Å². The highest BCUT2D eigenvalue weighted by Crippen LogP contribution is 2.11. The van der Waals surface area contributed by atoms with Crippen molar-refractivity contribution in [1.29, 1.82) is 0 Å². The molecule has 2 heterocycles. The first kappa shape index (κ1) is 12.6. The predicted octanol–water partition coefficient (Wildman–Crippen LogP) is 0.872. The van der Waals surface area contributed by atoms with Gasteiger partial charge in [0.25, 0.3) is 0 Å². The monoisotopic (exact) mass is 249 g/mol. The maximum absolute atomic E-state index is 12.2. The van der Waals surface area contributed by atoms with Crippen LogP contribution in [0.15, 0.2) is 12.4 Å². The van der Waals surface area contributed by atoms with E-state index in [1.807, 2.05) is 11.8 Å². The zero-order valence-corrected chi connectivity index (χ0v) is 10.6. The van der Waals surface area contributed by atoms with E-state index in [4.69, 9.17) is 5.73 Å². The molecule has 1 atom stereocenters.